The summed E-state index contributed by atoms with van der Waals surface area (Å²) in [5.74, 6) is 3.13. The molecular formula is C23H37N5. The van der Waals surface area contributed by atoms with Crippen molar-refractivity contribution < 1.29 is 0 Å². The third-order valence-electron chi connectivity index (χ3n) is 5.88. The maximum atomic E-state index is 5.05. The summed E-state index contributed by atoms with van der Waals surface area (Å²) in [5, 5.41) is 0. The van der Waals surface area contributed by atoms with Crippen molar-refractivity contribution in [3.63, 3.8) is 0 Å². The molecule has 154 valence electrons. The molecule has 2 aliphatic rings. The minimum Gasteiger partial charge on any atom is -0.351 e. The molecule has 0 saturated carbocycles. The van der Waals surface area contributed by atoms with Crippen LogP contribution in [0.25, 0.3) is 0 Å². The van der Waals surface area contributed by atoms with Crippen molar-refractivity contribution in [1.82, 2.24) is 14.8 Å². The molecule has 0 N–H and O–H groups in total. The zero-order chi connectivity index (χ0) is 20.6. The number of nitrogens with zero attached hydrogens (tertiary/aromatic N) is 5. The molecule has 5 nitrogen and oxygen atoms in total. The van der Waals surface area contributed by atoms with Crippen molar-refractivity contribution in [3.8, 4) is 0 Å². The maximum absolute atomic E-state index is 5.05. The number of hydrogen-bond donors (Lipinski definition) is 0. The van der Waals surface area contributed by atoms with Gasteiger partial charge in [0.1, 0.15) is 11.4 Å². The summed E-state index contributed by atoms with van der Waals surface area (Å²) in [6.45, 7) is 19.9. The molecule has 0 aromatic carbocycles. The number of hydrogen-bond acceptors (Lipinski definition) is 5. The highest BCUT2D eigenvalue weighted by Crippen LogP contribution is 2.24. The van der Waals surface area contributed by atoms with E-state index in [1.165, 1.54) is 0 Å². The first-order chi connectivity index (χ1) is 13.2. The molecule has 0 aliphatic carbocycles. The topological polar surface area (TPSA) is 44.1 Å². The van der Waals surface area contributed by atoms with Crippen LogP contribution in [0.4, 0.5) is 0 Å². The van der Waals surface area contributed by atoms with Crippen LogP contribution in [0.2, 0.25) is 0 Å². The van der Waals surface area contributed by atoms with Gasteiger partial charge in [-0.1, -0.05) is 33.8 Å². The van der Waals surface area contributed by atoms with Crippen LogP contribution >= 0.6 is 0 Å². The van der Waals surface area contributed by atoms with E-state index in [1.807, 2.05) is 0 Å². The van der Waals surface area contributed by atoms with Crippen LogP contribution in [0, 0.1) is 11.8 Å². The standard InChI is InChI=1S/C23H37N5/c1-14(2)20-12-27(16(5)6)22(25-20)18-10-9-11-19(24-18)23-26-21(15(3)4)13-28(23)17(7)8/h9-11,14-17,20-21H,12-13H2,1-8H3/t20-,21-/m1/s1. The Morgan fingerprint density at radius 1 is 0.714 bits per heavy atom. The van der Waals surface area contributed by atoms with E-state index in [0.717, 1.165) is 36.1 Å². The van der Waals surface area contributed by atoms with E-state index >= 15 is 0 Å². The minimum atomic E-state index is 0.337. The van der Waals surface area contributed by atoms with E-state index in [4.69, 9.17) is 15.0 Å². The van der Waals surface area contributed by atoms with Crippen LogP contribution in [0.3, 0.4) is 0 Å². The van der Waals surface area contributed by atoms with Gasteiger partial charge in [0.15, 0.2) is 11.7 Å². The van der Waals surface area contributed by atoms with Gasteiger partial charge < -0.3 is 9.80 Å². The van der Waals surface area contributed by atoms with Crippen molar-refractivity contribution in [3.05, 3.63) is 29.6 Å². The van der Waals surface area contributed by atoms with Gasteiger partial charge in [0.2, 0.25) is 0 Å². The molecule has 0 saturated heterocycles. The van der Waals surface area contributed by atoms with Crippen molar-refractivity contribution >= 4 is 11.7 Å². The molecule has 0 unspecified atom stereocenters. The first kappa shape index (κ1) is 20.8. The average molecular weight is 384 g/mol. The summed E-state index contributed by atoms with van der Waals surface area (Å²) >= 11 is 0. The van der Waals surface area contributed by atoms with Gasteiger partial charge in [-0.3, -0.25) is 9.98 Å². The third kappa shape index (κ3) is 4.08. The summed E-state index contributed by atoms with van der Waals surface area (Å²) in [5.41, 5.74) is 1.93. The van der Waals surface area contributed by atoms with Crippen LogP contribution in [-0.2, 0) is 0 Å². The molecule has 3 heterocycles. The summed E-state index contributed by atoms with van der Waals surface area (Å²) in [6, 6.07) is 7.79. The fourth-order valence-corrected chi connectivity index (χ4v) is 3.86. The molecule has 0 fully saturated rings. The summed E-state index contributed by atoms with van der Waals surface area (Å²) in [7, 11) is 0. The highest BCUT2D eigenvalue weighted by Gasteiger charge is 2.33. The number of amidine groups is 2. The van der Waals surface area contributed by atoms with Crippen molar-refractivity contribution in [2.24, 2.45) is 21.8 Å². The highest BCUT2D eigenvalue weighted by molar-refractivity contribution is 6.02. The molecule has 0 bridgehead atoms. The molecule has 2 atom stereocenters. The Bertz CT molecular complexity index is 688. The molecular weight excluding hydrogens is 346 g/mol. The van der Waals surface area contributed by atoms with Crippen LogP contribution in [-0.4, -0.2) is 63.7 Å². The van der Waals surface area contributed by atoms with Gasteiger partial charge in [-0.05, 0) is 51.7 Å². The first-order valence-electron chi connectivity index (χ1n) is 10.9. The zero-order valence-corrected chi connectivity index (χ0v) is 18.8. The average Bonchev–Trinajstić information content (AvgIpc) is 3.27. The molecule has 0 amide bonds. The number of aromatic nitrogens is 1. The zero-order valence-electron chi connectivity index (χ0n) is 18.8. The van der Waals surface area contributed by atoms with Gasteiger partial charge in [-0.2, -0.15) is 0 Å². The smallest absolute Gasteiger partial charge is 0.150 e. The van der Waals surface area contributed by atoms with Crippen LogP contribution in [0.15, 0.2) is 28.2 Å². The van der Waals surface area contributed by atoms with E-state index < -0.39 is 0 Å². The van der Waals surface area contributed by atoms with Gasteiger partial charge in [0, 0.05) is 25.2 Å². The largest absolute Gasteiger partial charge is 0.351 e. The molecule has 0 spiro atoms. The molecule has 5 heteroatoms. The summed E-state index contributed by atoms with van der Waals surface area (Å²) < 4.78 is 0. The Kier molecular flexibility index (Phi) is 6.11. The Labute approximate surface area is 171 Å². The summed E-state index contributed by atoms with van der Waals surface area (Å²) in [6.07, 6.45) is 0. The number of rotatable bonds is 6. The maximum Gasteiger partial charge on any atom is 0.150 e. The second kappa shape index (κ2) is 8.22. The molecule has 3 rings (SSSR count). The Morgan fingerprint density at radius 2 is 1.11 bits per heavy atom. The molecule has 0 radical (unpaired) electrons. The van der Waals surface area contributed by atoms with Gasteiger partial charge in [0.05, 0.1) is 12.1 Å². The molecule has 2 aliphatic heterocycles. The third-order valence-corrected chi connectivity index (χ3v) is 5.88. The van der Waals surface area contributed by atoms with E-state index in [-0.39, 0.29) is 0 Å². The fourth-order valence-electron chi connectivity index (χ4n) is 3.86. The predicted octanol–water partition coefficient (Wildman–Crippen LogP) is 4.07. The second-order valence-electron chi connectivity index (χ2n) is 9.43. The fraction of sp³-hybridized carbons (Fsp3) is 0.696. The minimum absolute atomic E-state index is 0.337. The lowest BCUT2D eigenvalue weighted by Crippen LogP contribution is -2.38. The number of pyridine rings is 1. The van der Waals surface area contributed by atoms with Gasteiger partial charge >= 0.3 is 0 Å². The Balaban J connectivity index is 1.97. The van der Waals surface area contributed by atoms with Gasteiger partial charge in [-0.25, -0.2) is 4.98 Å². The SMILES string of the molecule is CC(C)[C@H]1CN(C(C)C)C(c2cccc(C3=N[C@@H](C(C)C)CN3C(C)C)n2)=N1. The normalized spacial score (nSPS) is 22.9. The lowest BCUT2D eigenvalue weighted by molar-refractivity contribution is 0.332. The van der Waals surface area contributed by atoms with E-state index in [0.29, 0.717) is 36.0 Å². The Morgan fingerprint density at radius 3 is 1.43 bits per heavy atom. The monoisotopic (exact) mass is 383 g/mol. The lowest BCUT2D eigenvalue weighted by Gasteiger charge is -2.27. The van der Waals surface area contributed by atoms with Crippen LogP contribution in [0.1, 0.15) is 66.8 Å². The lowest BCUT2D eigenvalue weighted by atomic mass is 10.1. The molecule has 28 heavy (non-hydrogen) atoms. The van der Waals surface area contributed by atoms with Crippen molar-refractivity contribution in [2.45, 2.75) is 79.6 Å². The first-order valence-corrected chi connectivity index (χ1v) is 10.9. The van der Waals surface area contributed by atoms with Crippen molar-refractivity contribution in [1.29, 1.82) is 0 Å². The molecule has 1 aromatic heterocycles. The van der Waals surface area contributed by atoms with Gasteiger partial charge in [-0.15, -0.1) is 0 Å². The van der Waals surface area contributed by atoms with Crippen LogP contribution in [0.5, 0.6) is 0 Å². The van der Waals surface area contributed by atoms with Gasteiger partial charge in [0.25, 0.3) is 0 Å². The van der Waals surface area contributed by atoms with E-state index in [1.54, 1.807) is 0 Å². The van der Waals surface area contributed by atoms with Crippen molar-refractivity contribution in [2.75, 3.05) is 13.1 Å². The number of aliphatic imine (C=N–C) groups is 2. The van der Waals surface area contributed by atoms with E-state index in [2.05, 4.69) is 83.4 Å². The predicted molar refractivity (Wildman–Crippen MR) is 118 cm³/mol. The van der Waals surface area contributed by atoms with Crippen LogP contribution < -0.4 is 0 Å². The highest BCUT2D eigenvalue weighted by atomic mass is 15.3. The second-order valence-corrected chi connectivity index (χ2v) is 9.43. The summed E-state index contributed by atoms with van der Waals surface area (Å²) in [4.78, 5) is 19.9. The Hall–Kier alpha value is -1.91. The molecule has 1 aromatic rings. The van der Waals surface area contributed by atoms with E-state index in [9.17, 15) is 0 Å². The quantitative estimate of drug-likeness (QED) is 0.744.